The van der Waals surface area contributed by atoms with Gasteiger partial charge in [-0.15, -0.1) is 0 Å². The Balaban J connectivity index is 0.00000484. The zero-order valence-corrected chi connectivity index (χ0v) is 18.1. The number of rotatable bonds is 12. The molecule has 0 unspecified atom stereocenters. The van der Waals surface area contributed by atoms with Gasteiger partial charge in [0.2, 0.25) is 0 Å². The molecule has 0 radical (unpaired) electrons. The van der Waals surface area contributed by atoms with E-state index in [0.29, 0.717) is 0 Å². The molecule has 0 aliphatic heterocycles. The quantitative estimate of drug-likeness (QED) is 0.320. The van der Waals surface area contributed by atoms with Gasteiger partial charge in [0.15, 0.2) is 0 Å². The predicted octanol–water partition coefficient (Wildman–Crippen LogP) is 1.62. The normalized spacial score (nSPS) is 11.2. The smallest absolute Gasteiger partial charge is 0.744 e. The van der Waals surface area contributed by atoms with E-state index in [1.54, 1.807) is 12.1 Å². The molecule has 0 fully saturated rings. The predicted molar refractivity (Wildman–Crippen MR) is 93.4 cm³/mol. The van der Waals surface area contributed by atoms with Crippen LogP contribution in [0, 0.1) is 0 Å². The molecule has 0 saturated carbocycles. The summed E-state index contributed by atoms with van der Waals surface area (Å²) in [6, 6.07) is 6.29. The maximum absolute atomic E-state index is 10.8. The Morgan fingerprint density at radius 1 is 0.913 bits per heavy atom. The molecule has 0 aliphatic rings. The van der Waals surface area contributed by atoms with Crippen molar-refractivity contribution in [2.45, 2.75) is 63.2 Å². The first-order chi connectivity index (χ1) is 10.5. The molecule has 0 heterocycles. The molecule has 0 amide bonds. The third kappa shape index (κ3) is 11.6. The monoisotopic (exact) mass is 366 g/mol. The topological polar surface area (TPSA) is 57.2 Å². The van der Waals surface area contributed by atoms with Gasteiger partial charge in [-0.05, 0) is 48.5 Å². The minimum Gasteiger partial charge on any atom is -0.744 e. The third-order valence-electron chi connectivity index (χ3n) is 3.61. The minimum absolute atomic E-state index is 0. The van der Waals surface area contributed by atoms with Gasteiger partial charge < -0.3 is 4.55 Å². The maximum Gasteiger partial charge on any atom is 1.00 e. The molecule has 126 valence electrons. The van der Waals surface area contributed by atoms with Crippen LogP contribution in [0.15, 0.2) is 29.2 Å². The van der Waals surface area contributed by atoms with E-state index >= 15 is 0 Å². The second-order valence-corrected chi connectivity index (χ2v) is 8.19. The summed E-state index contributed by atoms with van der Waals surface area (Å²) in [5.41, 5.74) is 1.09. The van der Waals surface area contributed by atoms with Crippen LogP contribution in [0.1, 0.15) is 57.4 Å². The van der Waals surface area contributed by atoms with Gasteiger partial charge in [0.25, 0.3) is 0 Å². The molecule has 3 nitrogen and oxygen atoms in total. The summed E-state index contributed by atoms with van der Waals surface area (Å²) in [6.45, 7) is 2.24. The molecular weight excluding hydrogens is 339 g/mol. The Hall–Kier alpha value is 0.480. The molecule has 0 atom stereocenters. The summed E-state index contributed by atoms with van der Waals surface area (Å²) in [7, 11) is -4.32. The number of hydrogen-bond donors (Lipinski definition) is 0. The summed E-state index contributed by atoms with van der Waals surface area (Å²) in [4.78, 5) is -0.145. The van der Waals surface area contributed by atoms with E-state index in [1.165, 1.54) is 56.4 Å². The van der Waals surface area contributed by atoms with Crippen LogP contribution in [-0.4, -0.2) is 24.5 Å². The van der Waals surface area contributed by atoms with Crippen LogP contribution in [0.25, 0.3) is 0 Å². The van der Waals surface area contributed by atoms with Crippen molar-refractivity contribution in [3.8, 4) is 0 Å². The molecule has 1 rings (SSSR count). The molecule has 0 aromatic heterocycles. The average molecular weight is 367 g/mol. The third-order valence-corrected chi connectivity index (χ3v) is 5.61. The van der Waals surface area contributed by atoms with Gasteiger partial charge in [0, 0.05) is 0 Å². The number of thioether (sulfide) groups is 1. The summed E-state index contributed by atoms with van der Waals surface area (Å²) >= 11 is 2.00. The van der Waals surface area contributed by atoms with Crippen LogP contribution in [0.4, 0.5) is 0 Å². The minimum atomic E-state index is -4.32. The second kappa shape index (κ2) is 13.7. The van der Waals surface area contributed by atoms with Crippen molar-refractivity contribution in [2.24, 2.45) is 0 Å². The van der Waals surface area contributed by atoms with Crippen LogP contribution in [0.2, 0.25) is 0 Å². The Morgan fingerprint density at radius 2 is 1.48 bits per heavy atom. The number of hydrogen-bond acceptors (Lipinski definition) is 4. The first kappa shape index (κ1) is 23.5. The zero-order valence-electron chi connectivity index (χ0n) is 14.4. The molecular formula is C17H27NaO3S2. The van der Waals surface area contributed by atoms with E-state index in [-0.39, 0.29) is 34.5 Å². The Morgan fingerprint density at radius 3 is 2.09 bits per heavy atom. The number of aryl methyl sites for hydroxylation is 1. The molecule has 0 aliphatic carbocycles. The first-order valence-corrected chi connectivity index (χ1v) is 10.7. The van der Waals surface area contributed by atoms with E-state index < -0.39 is 10.1 Å². The van der Waals surface area contributed by atoms with Crippen molar-refractivity contribution in [1.82, 2.24) is 0 Å². The van der Waals surface area contributed by atoms with Crippen LogP contribution in [-0.2, 0) is 16.5 Å². The maximum atomic E-state index is 10.8. The fourth-order valence-corrected chi connectivity index (χ4v) is 3.72. The van der Waals surface area contributed by atoms with Gasteiger partial charge in [0.05, 0.1) is 4.90 Å². The van der Waals surface area contributed by atoms with E-state index in [9.17, 15) is 13.0 Å². The molecule has 6 heteroatoms. The van der Waals surface area contributed by atoms with Gasteiger partial charge in [0.1, 0.15) is 10.1 Å². The van der Waals surface area contributed by atoms with Gasteiger partial charge in [-0.25, -0.2) is 8.42 Å². The number of benzene rings is 1. The molecule has 0 saturated heterocycles. The fraction of sp³-hybridized carbons (Fsp3) is 0.647. The van der Waals surface area contributed by atoms with E-state index in [0.717, 1.165) is 24.2 Å². The number of unbranched alkanes of at least 4 members (excludes halogenated alkanes) is 5. The van der Waals surface area contributed by atoms with Crippen molar-refractivity contribution in [2.75, 3.05) is 11.5 Å². The van der Waals surface area contributed by atoms with Crippen molar-refractivity contribution < 1.29 is 42.5 Å². The molecule has 0 N–H and O–H groups in total. The van der Waals surface area contributed by atoms with Crippen LogP contribution >= 0.6 is 11.8 Å². The van der Waals surface area contributed by atoms with Crippen LogP contribution in [0.5, 0.6) is 0 Å². The SMILES string of the molecule is CCCCCCCCSCCCc1ccc(S(=O)(=O)[O-])cc1.[Na+]. The summed E-state index contributed by atoms with van der Waals surface area (Å²) in [5.74, 6) is 2.37. The standard InChI is InChI=1S/C17H28O3S2.Na/c1-2-3-4-5-6-7-14-21-15-8-9-16-10-12-17(13-11-16)22(18,19)20;/h10-13H,2-9,14-15H2,1H3,(H,18,19,20);/q;+1/p-1. The second-order valence-electron chi connectivity index (χ2n) is 5.58. The molecule has 0 bridgehead atoms. The van der Waals surface area contributed by atoms with Crippen molar-refractivity contribution in [3.05, 3.63) is 29.8 Å². The van der Waals surface area contributed by atoms with Gasteiger partial charge in [-0.3, -0.25) is 0 Å². The van der Waals surface area contributed by atoms with Crippen LogP contribution < -0.4 is 29.6 Å². The van der Waals surface area contributed by atoms with E-state index in [2.05, 4.69) is 6.92 Å². The fourth-order valence-electron chi connectivity index (χ4n) is 2.29. The van der Waals surface area contributed by atoms with E-state index in [4.69, 9.17) is 0 Å². The van der Waals surface area contributed by atoms with Crippen molar-refractivity contribution in [3.63, 3.8) is 0 Å². The summed E-state index contributed by atoms with van der Waals surface area (Å²) < 4.78 is 32.5. The molecule has 1 aromatic carbocycles. The largest absolute Gasteiger partial charge is 1.00 e. The average Bonchev–Trinajstić information content (AvgIpc) is 2.49. The first-order valence-electron chi connectivity index (χ1n) is 8.16. The van der Waals surface area contributed by atoms with Gasteiger partial charge in [-0.1, -0.05) is 51.2 Å². The van der Waals surface area contributed by atoms with E-state index in [1.807, 2.05) is 11.8 Å². The summed E-state index contributed by atoms with van der Waals surface area (Å²) in [6.07, 6.45) is 10.1. The van der Waals surface area contributed by atoms with Crippen molar-refractivity contribution in [1.29, 1.82) is 0 Å². The Bertz CT molecular complexity index is 501. The van der Waals surface area contributed by atoms with Crippen molar-refractivity contribution >= 4 is 21.9 Å². The van der Waals surface area contributed by atoms with Gasteiger partial charge >= 0.3 is 29.6 Å². The van der Waals surface area contributed by atoms with Crippen LogP contribution in [0.3, 0.4) is 0 Å². The summed E-state index contributed by atoms with van der Waals surface area (Å²) in [5, 5.41) is 0. The molecule has 1 aromatic rings. The molecule has 0 spiro atoms. The Kier molecular flexibility index (Phi) is 14.0. The Labute approximate surface area is 168 Å². The van der Waals surface area contributed by atoms with Gasteiger partial charge in [-0.2, -0.15) is 11.8 Å². The zero-order chi connectivity index (χ0) is 16.3. The molecule has 23 heavy (non-hydrogen) atoms.